The van der Waals surface area contributed by atoms with Gasteiger partial charge in [0.05, 0.1) is 19.3 Å². The molecule has 1 N–H and O–H groups in total. The molecule has 0 amide bonds. The second-order valence-electron chi connectivity index (χ2n) is 2.89. The summed E-state index contributed by atoms with van der Waals surface area (Å²) in [5.74, 6) is 0.404. The maximum Gasteiger partial charge on any atom is 0.0701 e. The lowest BCUT2D eigenvalue weighted by Crippen LogP contribution is -2.21. The summed E-state index contributed by atoms with van der Waals surface area (Å²) in [6.45, 7) is 2.65. The predicted molar refractivity (Wildman–Crippen MR) is 48.9 cm³/mol. The van der Waals surface area contributed by atoms with Gasteiger partial charge in [-0.15, -0.1) is 0 Å². The monoisotopic (exact) mass is 168 g/mol. The van der Waals surface area contributed by atoms with Crippen LogP contribution >= 0.6 is 0 Å². The van der Waals surface area contributed by atoms with Gasteiger partial charge in [0.2, 0.25) is 0 Å². The van der Waals surface area contributed by atoms with E-state index in [-0.39, 0.29) is 12.7 Å². The van der Waals surface area contributed by atoms with Gasteiger partial charge < -0.3 is 9.84 Å². The van der Waals surface area contributed by atoms with Crippen molar-refractivity contribution >= 4 is 0 Å². The smallest absolute Gasteiger partial charge is 0.0701 e. The fourth-order valence-electron chi connectivity index (χ4n) is 1.40. The number of ether oxygens (including phenoxy) is 1. The van der Waals surface area contributed by atoms with Crippen molar-refractivity contribution in [2.24, 2.45) is 5.92 Å². The SMILES string of the molecule is CCC(OCCO)C1C=CC=C1. The molecular formula is C10H16O2. The topological polar surface area (TPSA) is 29.5 Å². The third kappa shape index (κ3) is 2.47. The van der Waals surface area contributed by atoms with Crippen molar-refractivity contribution in [2.75, 3.05) is 13.2 Å². The zero-order chi connectivity index (χ0) is 8.81. The van der Waals surface area contributed by atoms with Gasteiger partial charge in [-0.05, 0) is 6.42 Å². The second-order valence-corrected chi connectivity index (χ2v) is 2.89. The Morgan fingerprint density at radius 1 is 1.42 bits per heavy atom. The van der Waals surface area contributed by atoms with E-state index < -0.39 is 0 Å². The molecule has 12 heavy (non-hydrogen) atoms. The minimum absolute atomic E-state index is 0.108. The molecule has 0 spiro atoms. The van der Waals surface area contributed by atoms with E-state index in [4.69, 9.17) is 9.84 Å². The summed E-state index contributed by atoms with van der Waals surface area (Å²) in [5.41, 5.74) is 0. The first kappa shape index (κ1) is 9.49. The van der Waals surface area contributed by atoms with Crippen LogP contribution in [0.1, 0.15) is 13.3 Å². The normalized spacial score (nSPS) is 18.8. The molecule has 1 aliphatic carbocycles. The summed E-state index contributed by atoms with van der Waals surface area (Å²) >= 11 is 0. The first-order valence-corrected chi connectivity index (χ1v) is 4.46. The molecule has 0 heterocycles. The van der Waals surface area contributed by atoms with Gasteiger partial charge in [-0.3, -0.25) is 0 Å². The molecule has 0 aromatic heterocycles. The highest BCUT2D eigenvalue weighted by Crippen LogP contribution is 2.18. The van der Waals surface area contributed by atoms with Gasteiger partial charge in [0.25, 0.3) is 0 Å². The van der Waals surface area contributed by atoms with Crippen LogP contribution in [0, 0.1) is 5.92 Å². The third-order valence-corrected chi connectivity index (χ3v) is 2.03. The standard InChI is InChI=1S/C10H16O2/c1-2-10(12-8-7-11)9-5-3-4-6-9/h3-6,9-11H,2,7-8H2,1H3. The second kappa shape index (κ2) is 5.12. The van der Waals surface area contributed by atoms with Gasteiger partial charge in [-0.25, -0.2) is 0 Å². The molecule has 0 saturated carbocycles. The van der Waals surface area contributed by atoms with Gasteiger partial charge in [0, 0.05) is 5.92 Å². The Labute approximate surface area is 73.5 Å². The Morgan fingerprint density at radius 3 is 2.58 bits per heavy atom. The van der Waals surface area contributed by atoms with Crippen LogP contribution in [-0.4, -0.2) is 24.4 Å². The maximum absolute atomic E-state index is 8.59. The minimum atomic E-state index is 0.108. The third-order valence-electron chi connectivity index (χ3n) is 2.03. The summed E-state index contributed by atoms with van der Waals surface area (Å²) in [6.07, 6.45) is 9.55. The Balaban J connectivity index is 2.33. The number of aliphatic hydroxyl groups excluding tert-OH is 1. The summed E-state index contributed by atoms with van der Waals surface area (Å²) in [5, 5.41) is 8.59. The number of hydrogen-bond acceptors (Lipinski definition) is 2. The van der Waals surface area contributed by atoms with E-state index in [2.05, 4.69) is 19.1 Å². The van der Waals surface area contributed by atoms with Crippen LogP contribution in [0.3, 0.4) is 0 Å². The van der Waals surface area contributed by atoms with E-state index >= 15 is 0 Å². The summed E-state index contributed by atoms with van der Waals surface area (Å²) in [4.78, 5) is 0. The fraction of sp³-hybridized carbons (Fsp3) is 0.600. The Hall–Kier alpha value is -0.600. The summed E-state index contributed by atoms with van der Waals surface area (Å²) < 4.78 is 5.47. The molecule has 1 rings (SSSR count). The van der Waals surface area contributed by atoms with E-state index in [0.29, 0.717) is 12.5 Å². The molecular weight excluding hydrogens is 152 g/mol. The number of rotatable bonds is 5. The van der Waals surface area contributed by atoms with Crippen molar-refractivity contribution in [2.45, 2.75) is 19.4 Å². The lowest BCUT2D eigenvalue weighted by Gasteiger charge is -2.19. The van der Waals surface area contributed by atoms with Crippen molar-refractivity contribution < 1.29 is 9.84 Å². The zero-order valence-corrected chi connectivity index (χ0v) is 7.44. The molecule has 0 aromatic carbocycles. The number of aliphatic hydroxyl groups is 1. The zero-order valence-electron chi connectivity index (χ0n) is 7.44. The molecule has 0 saturated heterocycles. The number of allylic oxidation sites excluding steroid dienone is 2. The molecule has 68 valence electrons. The molecule has 1 unspecified atom stereocenters. The van der Waals surface area contributed by atoms with Crippen molar-refractivity contribution in [1.29, 1.82) is 0 Å². The van der Waals surface area contributed by atoms with Crippen LogP contribution in [0.4, 0.5) is 0 Å². The van der Waals surface area contributed by atoms with Crippen molar-refractivity contribution in [1.82, 2.24) is 0 Å². The fourth-order valence-corrected chi connectivity index (χ4v) is 1.40. The van der Waals surface area contributed by atoms with Crippen molar-refractivity contribution in [3.63, 3.8) is 0 Å². The van der Waals surface area contributed by atoms with Crippen LogP contribution in [0.2, 0.25) is 0 Å². The van der Waals surface area contributed by atoms with Gasteiger partial charge in [-0.2, -0.15) is 0 Å². The minimum Gasteiger partial charge on any atom is -0.394 e. The first-order valence-electron chi connectivity index (χ1n) is 4.46. The lowest BCUT2D eigenvalue weighted by atomic mass is 10.0. The van der Waals surface area contributed by atoms with E-state index in [1.807, 2.05) is 12.2 Å². The van der Waals surface area contributed by atoms with E-state index in [9.17, 15) is 0 Å². The van der Waals surface area contributed by atoms with Crippen LogP contribution < -0.4 is 0 Å². The van der Waals surface area contributed by atoms with Gasteiger partial charge >= 0.3 is 0 Å². The molecule has 0 bridgehead atoms. The van der Waals surface area contributed by atoms with E-state index in [1.54, 1.807) is 0 Å². The highest BCUT2D eigenvalue weighted by Gasteiger charge is 2.16. The molecule has 0 fully saturated rings. The maximum atomic E-state index is 8.59. The van der Waals surface area contributed by atoms with Crippen LogP contribution in [0.25, 0.3) is 0 Å². The first-order chi connectivity index (χ1) is 5.88. The highest BCUT2D eigenvalue weighted by atomic mass is 16.5. The average molecular weight is 168 g/mol. The molecule has 0 aromatic rings. The summed E-state index contributed by atoms with van der Waals surface area (Å²) in [6, 6.07) is 0. The molecule has 1 aliphatic rings. The molecule has 0 aliphatic heterocycles. The van der Waals surface area contributed by atoms with E-state index in [0.717, 1.165) is 6.42 Å². The Bertz CT molecular complexity index is 161. The molecule has 2 heteroatoms. The van der Waals surface area contributed by atoms with Crippen molar-refractivity contribution in [3.8, 4) is 0 Å². The Morgan fingerprint density at radius 2 is 2.08 bits per heavy atom. The van der Waals surface area contributed by atoms with Gasteiger partial charge in [0.1, 0.15) is 0 Å². The van der Waals surface area contributed by atoms with E-state index in [1.165, 1.54) is 0 Å². The van der Waals surface area contributed by atoms with Crippen LogP contribution in [0.15, 0.2) is 24.3 Å². The number of hydrogen-bond donors (Lipinski definition) is 1. The highest BCUT2D eigenvalue weighted by molar-refractivity contribution is 5.19. The molecule has 0 radical (unpaired) electrons. The lowest BCUT2D eigenvalue weighted by molar-refractivity contribution is 0.0136. The Kier molecular flexibility index (Phi) is 4.05. The van der Waals surface area contributed by atoms with Gasteiger partial charge in [0.15, 0.2) is 0 Å². The van der Waals surface area contributed by atoms with Crippen LogP contribution in [-0.2, 0) is 4.74 Å². The quantitative estimate of drug-likeness (QED) is 0.674. The average Bonchev–Trinajstić information content (AvgIpc) is 2.59. The predicted octanol–water partition coefficient (Wildman–Crippen LogP) is 1.52. The van der Waals surface area contributed by atoms with Crippen molar-refractivity contribution in [3.05, 3.63) is 24.3 Å². The summed E-state index contributed by atoms with van der Waals surface area (Å²) in [7, 11) is 0. The van der Waals surface area contributed by atoms with Gasteiger partial charge in [-0.1, -0.05) is 31.2 Å². The molecule has 1 atom stereocenters. The molecule has 2 nitrogen and oxygen atoms in total. The van der Waals surface area contributed by atoms with Crippen LogP contribution in [0.5, 0.6) is 0 Å². The largest absolute Gasteiger partial charge is 0.394 e.